The van der Waals surface area contributed by atoms with Gasteiger partial charge in [0.1, 0.15) is 35.9 Å². The lowest BCUT2D eigenvalue weighted by molar-refractivity contribution is 0.108. The lowest BCUT2D eigenvalue weighted by Crippen LogP contribution is -2.42. The number of aromatic nitrogens is 3. The number of piperidine rings is 1. The number of anilines is 1. The van der Waals surface area contributed by atoms with Gasteiger partial charge in [0, 0.05) is 31.2 Å². The summed E-state index contributed by atoms with van der Waals surface area (Å²) in [6.07, 6.45) is 0.333. The topological polar surface area (TPSA) is 135 Å². The van der Waals surface area contributed by atoms with Gasteiger partial charge < -0.3 is 34.6 Å². The molecule has 3 N–H and O–H groups in total. The minimum Gasteiger partial charge on any atom is -0.491 e. The first-order chi connectivity index (χ1) is 18.7. The second-order valence-corrected chi connectivity index (χ2v) is 9.61. The molecule has 2 aromatic heterocycles. The van der Waals surface area contributed by atoms with Crippen molar-refractivity contribution in [3.8, 4) is 28.4 Å². The third-order valence-corrected chi connectivity index (χ3v) is 6.75. The van der Waals surface area contributed by atoms with E-state index in [0.717, 1.165) is 11.1 Å². The van der Waals surface area contributed by atoms with Crippen molar-refractivity contribution >= 4 is 11.9 Å². The first kappa shape index (κ1) is 28.2. The van der Waals surface area contributed by atoms with Crippen molar-refractivity contribution in [1.29, 1.82) is 0 Å². The lowest BCUT2D eigenvalue weighted by Gasteiger charge is -2.32. The summed E-state index contributed by atoms with van der Waals surface area (Å²) in [4.78, 5) is 23.0. The summed E-state index contributed by atoms with van der Waals surface area (Å²) in [5.74, 6) is 1.19. The van der Waals surface area contributed by atoms with Gasteiger partial charge >= 0.3 is 6.09 Å². The molecule has 39 heavy (non-hydrogen) atoms. The molecule has 1 aliphatic heterocycles. The van der Waals surface area contributed by atoms with Crippen LogP contribution in [0.5, 0.6) is 5.75 Å². The Morgan fingerprint density at radius 1 is 1.26 bits per heavy atom. The largest absolute Gasteiger partial charge is 0.491 e. The molecule has 1 saturated heterocycles. The summed E-state index contributed by atoms with van der Waals surface area (Å²) in [7, 11) is 3.11. The highest BCUT2D eigenvalue weighted by molar-refractivity contribution is 5.75. The second kappa shape index (κ2) is 12.4. The van der Waals surface area contributed by atoms with E-state index in [9.17, 15) is 9.90 Å². The Balaban J connectivity index is 1.70. The number of likely N-dealkylation sites (N-methyl/N-ethyl adjacent to an activating group) is 1. The average Bonchev–Trinajstić information content (AvgIpc) is 3.27. The third-order valence-electron chi connectivity index (χ3n) is 6.75. The number of hydrogen-bond donors (Lipinski definition) is 3. The highest BCUT2D eigenvalue weighted by Gasteiger charge is 2.26. The molecule has 1 amide bonds. The van der Waals surface area contributed by atoms with Crippen LogP contribution >= 0.6 is 0 Å². The molecule has 0 radical (unpaired) electrons. The van der Waals surface area contributed by atoms with Crippen molar-refractivity contribution in [3.63, 3.8) is 0 Å². The number of ether oxygens (including phenoxy) is 2. The van der Waals surface area contributed by atoms with Crippen molar-refractivity contribution in [3.05, 3.63) is 41.0 Å². The van der Waals surface area contributed by atoms with Gasteiger partial charge in [-0.1, -0.05) is 5.16 Å². The maximum absolute atomic E-state index is 15.2. The van der Waals surface area contributed by atoms with Gasteiger partial charge in [-0.3, -0.25) is 0 Å². The van der Waals surface area contributed by atoms with E-state index in [-0.39, 0.29) is 30.1 Å². The number of aliphatic hydroxyl groups excluding tert-OH is 1. The zero-order valence-electron chi connectivity index (χ0n) is 22.9. The normalized spacial score (nSPS) is 14.8. The molecule has 0 saturated carbocycles. The molecule has 12 heteroatoms. The molecule has 210 valence electrons. The van der Waals surface area contributed by atoms with E-state index in [1.165, 1.54) is 25.3 Å². The first-order valence-electron chi connectivity index (χ1n) is 12.9. The van der Waals surface area contributed by atoms with Crippen LogP contribution in [0.15, 0.2) is 22.7 Å². The Labute approximate surface area is 226 Å². The number of benzene rings is 1. The van der Waals surface area contributed by atoms with Gasteiger partial charge in [-0.25, -0.2) is 19.2 Å². The molecule has 4 rings (SSSR count). The Morgan fingerprint density at radius 2 is 2.00 bits per heavy atom. The molecule has 3 heterocycles. The van der Waals surface area contributed by atoms with Gasteiger partial charge in [0.15, 0.2) is 5.82 Å². The SMILES string of the molecule is CNCC(O)COc1ccc(F)c(-c2nc(NC3CCN(C(=O)OC)CC3)c(C)c(-c3c(C)noc3C)n2)c1. The number of likely N-dealkylation sites (tertiary alicyclic amines) is 1. The number of nitrogens with zero attached hydrogens (tertiary/aromatic N) is 4. The van der Waals surface area contributed by atoms with E-state index in [4.69, 9.17) is 24.0 Å². The van der Waals surface area contributed by atoms with E-state index in [0.29, 0.717) is 61.2 Å². The first-order valence-corrected chi connectivity index (χ1v) is 12.9. The zero-order chi connectivity index (χ0) is 28.1. The summed E-state index contributed by atoms with van der Waals surface area (Å²) >= 11 is 0. The van der Waals surface area contributed by atoms with Crippen LogP contribution in [-0.2, 0) is 4.74 Å². The van der Waals surface area contributed by atoms with Crippen LogP contribution in [0.1, 0.15) is 29.9 Å². The molecule has 1 atom stereocenters. The number of carbonyl (C=O) groups is 1. The molecule has 11 nitrogen and oxygen atoms in total. The van der Waals surface area contributed by atoms with Gasteiger partial charge in [-0.2, -0.15) is 0 Å². The van der Waals surface area contributed by atoms with Crippen molar-refractivity contribution in [2.45, 2.75) is 45.8 Å². The summed E-state index contributed by atoms with van der Waals surface area (Å²) in [6.45, 7) is 7.03. The highest BCUT2D eigenvalue weighted by atomic mass is 19.1. The number of rotatable bonds is 9. The fourth-order valence-corrected chi connectivity index (χ4v) is 4.62. The van der Waals surface area contributed by atoms with Gasteiger partial charge in [-0.15, -0.1) is 0 Å². The van der Waals surface area contributed by atoms with Crippen LogP contribution in [0.4, 0.5) is 15.0 Å². The molecule has 0 spiro atoms. The van der Waals surface area contributed by atoms with E-state index in [1.807, 2.05) is 13.8 Å². The van der Waals surface area contributed by atoms with E-state index < -0.39 is 11.9 Å². The number of halogens is 1. The standard InChI is InChI=1S/C27H35FN6O5/c1-15-24(23-16(2)33-39-17(23)3)31-26(21-12-20(6-7-22(21)28)38-14-19(35)13-29-4)32-25(15)30-18-8-10-34(11-9-18)27(36)37-5/h6-7,12,18-19,29,35H,8-11,13-14H2,1-5H3,(H,30,31,32). The Morgan fingerprint density at radius 3 is 2.64 bits per heavy atom. The predicted molar refractivity (Wildman–Crippen MR) is 143 cm³/mol. The number of aliphatic hydroxyl groups is 1. The minimum absolute atomic E-state index is 0.0399. The predicted octanol–water partition coefficient (Wildman–Crippen LogP) is 3.46. The summed E-state index contributed by atoms with van der Waals surface area (Å²) < 4.78 is 31.1. The molecule has 3 aromatic rings. The summed E-state index contributed by atoms with van der Waals surface area (Å²) in [6, 6.07) is 4.37. The Kier molecular flexibility index (Phi) is 8.97. The Bertz CT molecular complexity index is 1290. The van der Waals surface area contributed by atoms with Gasteiger partial charge in [0.05, 0.1) is 29.6 Å². The molecule has 1 fully saturated rings. The van der Waals surface area contributed by atoms with Crippen molar-refractivity contribution in [2.24, 2.45) is 0 Å². The van der Waals surface area contributed by atoms with Crippen molar-refractivity contribution < 1.29 is 28.3 Å². The number of carbonyl (C=O) groups excluding carboxylic acids is 1. The van der Waals surface area contributed by atoms with Gasteiger partial charge in [-0.05, 0) is 58.9 Å². The zero-order valence-corrected chi connectivity index (χ0v) is 22.9. The number of hydrogen-bond acceptors (Lipinski definition) is 10. The van der Waals surface area contributed by atoms with Crippen molar-refractivity contribution in [2.75, 3.05) is 45.7 Å². The van der Waals surface area contributed by atoms with Gasteiger partial charge in [0.25, 0.3) is 0 Å². The summed E-state index contributed by atoms with van der Waals surface area (Å²) in [5, 5.41) is 20.4. The fourth-order valence-electron chi connectivity index (χ4n) is 4.62. The van der Waals surface area contributed by atoms with Crippen LogP contribution in [0, 0.1) is 26.6 Å². The molecule has 1 aliphatic rings. The van der Waals surface area contributed by atoms with E-state index >= 15 is 4.39 Å². The summed E-state index contributed by atoms with van der Waals surface area (Å²) in [5.41, 5.74) is 2.90. The van der Waals surface area contributed by atoms with Crippen molar-refractivity contribution in [1.82, 2.24) is 25.3 Å². The number of aryl methyl sites for hydroxylation is 2. The molecule has 0 aliphatic carbocycles. The smallest absolute Gasteiger partial charge is 0.409 e. The fraction of sp³-hybridized carbons (Fsp3) is 0.481. The Hall–Kier alpha value is -3.77. The van der Waals surface area contributed by atoms with E-state index in [1.54, 1.807) is 18.9 Å². The molecule has 0 bridgehead atoms. The number of nitrogens with one attached hydrogen (secondary N) is 2. The molecular weight excluding hydrogens is 507 g/mol. The maximum Gasteiger partial charge on any atom is 0.409 e. The minimum atomic E-state index is -0.716. The lowest BCUT2D eigenvalue weighted by atomic mass is 10.0. The molecule has 1 unspecified atom stereocenters. The molecular formula is C27H35FN6O5. The third kappa shape index (κ3) is 6.45. The van der Waals surface area contributed by atoms with Crippen LogP contribution < -0.4 is 15.4 Å². The quantitative estimate of drug-likeness (QED) is 0.369. The van der Waals surface area contributed by atoms with Crippen LogP contribution in [-0.4, -0.2) is 83.8 Å². The van der Waals surface area contributed by atoms with Crippen LogP contribution in [0.25, 0.3) is 22.6 Å². The number of amides is 1. The van der Waals surface area contributed by atoms with Crippen LogP contribution in [0.2, 0.25) is 0 Å². The van der Waals surface area contributed by atoms with E-state index in [2.05, 4.69) is 15.8 Å². The van der Waals surface area contributed by atoms with Crippen LogP contribution in [0.3, 0.4) is 0 Å². The highest BCUT2D eigenvalue weighted by Crippen LogP contribution is 2.35. The number of methoxy groups -OCH3 is 1. The monoisotopic (exact) mass is 542 g/mol. The van der Waals surface area contributed by atoms with Gasteiger partial charge in [0.2, 0.25) is 0 Å². The molecule has 1 aromatic carbocycles. The average molecular weight is 543 g/mol. The maximum atomic E-state index is 15.2. The second-order valence-electron chi connectivity index (χ2n) is 9.61.